The molecule has 1 aromatic heterocycles. The Kier molecular flexibility index (Phi) is 4.46. The highest BCUT2D eigenvalue weighted by Gasteiger charge is 2.34. The summed E-state index contributed by atoms with van der Waals surface area (Å²) in [6.07, 6.45) is -4.43. The van der Waals surface area contributed by atoms with E-state index in [1.54, 1.807) is 4.83 Å². The number of nitrogens with one attached hydrogen (secondary N) is 2. The van der Waals surface area contributed by atoms with Crippen LogP contribution in [0.2, 0.25) is 0 Å². The smallest absolute Gasteiger partial charge is 0.396 e. The molecule has 0 aliphatic heterocycles. The number of benzene rings is 1. The second-order valence-electron chi connectivity index (χ2n) is 4.96. The van der Waals surface area contributed by atoms with Crippen LogP contribution in [0.3, 0.4) is 0 Å². The first-order valence-electron chi connectivity index (χ1n) is 6.42. The van der Waals surface area contributed by atoms with Gasteiger partial charge in [-0.05, 0) is 24.1 Å². The molecule has 1 heterocycles. The van der Waals surface area contributed by atoms with Gasteiger partial charge in [0.25, 0.3) is 5.56 Å². The Morgan fingerprint density at radius 1 is 1.29 bits per heavy atom. The SMILES string of the molecule is CS(=O)(=O)Nn1c(=O)[nH]c2cc(C(F)(F)F)c(CCO)cc2c1=O. The molecule has 132 valence electrons. The number of aromatic amines is 1. The number of aromatic nitrogens is 2. The summed E-state index contributed by atoms with van der Waals surface area (Å²) in [4.78, 5) is 27.7. The Balaban J connectivity index is 2.85. The number of fused-ring (bicyclic) bond motifs is 1. The van der Waals surface area contributed by atoms with Gasteiger partial charge in [-0.1, -0.05) is 0 Å². The van der Waals surface area contributed by atoms with E-state index >= 15 is 0 Å². The predicted molar refractivity (Wildman–Crippen MR) is 78.8 cm³/mol. The molecule has 0 saturated carbocycles. The van der Waals surface area contributed by atoms with E-state index in [1.165, 1.54) is 0 Å². The molecular weight excluding hydrogens is 355 g/mol. The van der Waals surface area contributed by atoms with Crippen molar-refractivity contribution in [1.29, 1.82) is 0 Å². The molecule has 0 bridgehead atoms. The fourth-order valence-corrected chi connectivity index (χ4v) is 2.65. The minimum atomic E-state index is -4.75. The first kappa shape index (κ1) is 18.0. The lowest BCUT2D eigenvalue weighted by Gasteiger charge is -2.14. The number of nitrogens with zero attached hydrogens (tertiary/aromatic N) is 1. The zero-order valence-electron chi connectivity index (χ0n) is 12.1. The molecule has 8 nitrogen and oxygen atoms in total. The number of rotatable bonds is 4. The third-order valence-corrected chi connectivity index (χ3v) is 3.58. The third-order valence-electron chi connectivity index (χ3n) is 3.07. The fourth-order valence-electron chi connectivity index (χ4n) is 2.15. The van der Waals surface area contributed by atoms with Crippen LogP contribution in [0.1, 0.15) is 11.1 Å². The molecule has 12 heteroatoms. The highest BCUT2D eigenvalue weighted by Crippen LogP contribution is 2.33. The molecule has 2 aromatic rings. The number of aliphatic hydroxyl groups excluding tert-OH is 1. The van der Waals surface area contributed by atoms with Crippen LogP contribution in [-0.4, -0.2) is 36.0 Å². The molecule has 0 spiro atoms. The highest BCUT2D eigenvalue weighted by molar-refractivity contribution is 7.91. The van der Waals surface area contributed by atoms with Crippen LogP contribution < -0.4 is 16.1 Å². The molecule has 1 aromatic carbocycles. The average molecular weight is 367 g/mol. The van der Waals surface area contributed by atoms with E-state index in [4.69, 9.17) is 5.11 Å². The van der Waals surface area contributed by atoms with Crippen molar-refractivity contribution in [3.05, 3.63) is 44.1 Å². The van der Waals surface area contributed by atoms with Crippen molar-refractivity contribution < 1.29 is 26.7 Å². The maximum atomic E-state index is 13.1. The van der Waals surface area contributed by atoms with Crippen molar-refractivity contribution in [3.63, 3.8) is 0 Å². The summed E-state index contributed by atoms with van der Waals surface area (Å²) < 4.78 is 61.7. The Morgan fingerprint density at radius 2 is 1.92 bits per heavy atom. The zero-order valence-corrected chi connectivity index (χ0v) is 13.0. The van der Waals surface area contributed by atoms with E-state index in [0.717, 1.165) is 6.07 Å². The van der Waals surface area contributed by atoms with E-state index in [9.17, 15) is 31.2 Å². The van der Waals surface area contributed by atoms with E-state index in [-0.39, 0.29) is 22.0 Å². The van der Waals surface area contributed by atoms with Crippen molar-refractivity contribution in [2.24, 2.45) is 0 Å². The largest absolute Gasteiger partial charge is 0.416 e. The molecule has 2 rings (SSSR count). The lowest BCUT2D eigenvalue weighted by atomic mass is 10.0. The monoisotopic (exact) mass is 367 g/mol. The van der Waals surface area contributed by atoms with Gasteiger partial charge >= 0.3 is 11.9 Å². The average Bonchev–Trinajstić information content (AvgIpc) is 2.42. The number of halogens is 3. The van der Waals surface area contributed by atoms with Gasteiger partial charge in [0.05, 0.1) is 22.7 Å². The number of alkyl halides is 3. The Hall–Kier alpha value is -2.34. The predicted octanol–water partition coefficient (Wildman–Crippen LogP) is -0.254. The molecule has 0 unspecified atom stereocenters. The van der Waals surface area contributed by atoms with Crippen LogP contribution in [0.4, 0.5) is 13.2 Å². The second-order valence-corrected chi connectivity index (χ2v) is 6.69. The molecule has 0 atom stereocenters. The van der Waals surface area contributed by atoms with Gasteiger partial charge in [-0.3, -0.25) is 4.79 Å². The van der Waals surface area contributed by atoms with Crippen LogP contribution in [0.5, 0.6) is 0 Å². The van der Waals surface area contributed by atoms with Gasteiger partial charge < -0.3 is 10.1 Å². The van der Waals surface area contributed by atoms with Gasteiger partial charge in [0.1, 0.15) is 0 Å². The van der Waals surface area contributed by atoms with Crippen molar-refractivity contribution in [1.82, 2.24) is 9.66 Å². The molecule has 3 N–H and O–H groups in total. The van der Waals surface area contributed by atoms with Crippen LogP contribution in [0, 0.1) is 0 Å². The Morgan fingerprint density at radius 3 is 2.42 bits per heavy atom. The number of hydrogen-bond donors (Lipinski definition) is 3. The van der Waals surface area contributed by atoms with Crippen LogP contribution in [-0.2, 0) is 22.6 Å². The lowest BCUT2D eigenvalue weighted by molar-refractivity contribution is -0.138. The third kappa shape index (κ3) is 3.59. The summed E-state index contributed by atoms with van der Waals surface area (Å²) >= 11 is 0. The van der Waals surface area contributed by atoms with E-state index in [0.29, 0.717) is 12.3 Å². The molecule has 24 heavy (non-hydrogen) atoms. The molecule has 0 saturated heterocycles. The van der Waals surface area contributed by atoms with Gasteiger partial charge in [-0.15, -0.1) is 0 Å². The molecule has 0 amide bonds. The zero-order chi connectivity index (χ0) is 18.3. The number of sulfonamides is 1. The molecule has 0 aliphatic carbocycles. The van der Waals surface area contributed by atoms with Gasteiger partial charge in [0.2, 0.25) is 10.0 Å². The Bertz CT molecular complexity index is 1010. The Labute approximate surface area is 132 Å². The summed E-state index contributed by atoms with van der Waals surface area (Å²) in [6.45, 7) is -0.590. The van der Waals surface area contributed by atoms with Gasteiger partial charge in [0, 0.05) is 6.61 Å². The normalized spacial score (nSPS) is 12.5. The summed E-state index contributed by atoms with van der Waals surface area (Å²) in [5, 5.41) is 8.57. The number of aliphatic hydroxyl groups is 1. The maximum absolute atomic E-state index is 13.1. The van der Waals surface area contributed by atoms with Crippen molar-refractivity contribution in [2.75, 3.05) is 17.7 Å². The summed E-state index contributed by atoms with van der Waals surface area (Å²) in [5.41, 5.74) is -4.22. The fraction of sp³-hybridized carbons (Fsp3) is 0.333. The number of H-pyrrole nitrogens is 1. The molecule has 0 fully saturated rings. The topological polar surface area (TPSA) is 121 Å². The van der Waals surface area contributed by atoms with Gasteiger partial charge in [-0.25, -0.2) is 18.0 Å². The van der Waals surface area contributed by atoms with Gasteiger partial charge in [-0.2, -0.15) is 17.8 Å². The van der Waals surface area contributed by atoms with E-state index in [1.807, 2.05) is 4.98 Å². The van der Waals surface area contributed by atoms with E-state index in [2.05, 4.69) is 0 Å². The van der Waals surface area contributed by atoms with E-state index < -0.39 is 45.1 Å². The first-order chi connectivity index (χ1) is 10.9. The molecule has 0 aliphatic rings. The quantitative estimate of drug-likeness (QED) is 0.688. The number of hydrogen-bond acceptors (Lipinski definition) is 5. The van der Waals surface area contributed by atoms with Crippen LogP contribution >= 0.6 is 0 Å². The summed E-state index contributed by atoms with van der Waals surface area (Å²) in [7, 11) is -3.97. The molecule has 0 radical (unpaired) electrons. The minimum absolute atomic E-state index is 0.146. The van der Waals surface area contributed by atoms with Gasteiger partial charge in [0.15, 0.2) is 0 Å². The van der Waals surface area contributed by atoms with Crippen LogP contribution in [0.25, 0.3) is 10.9 Å². The standard InChI is InChI=1S/C12H12F3N3O5S/c1-24(22,23)17-18-10(20)7-4-6(2-3-19)8(12(13,14)15)5-9(7)16-11(18)21/h4-5,17,19H,2-3H2,1H3,(H,16,21). The van der Waals surface area contributed by atoms with Crippen molar-refractivity contribution >= 4 is 20.9 Å². The highest BCUT2D eigenvalue weighted by atomic mass is 32.2. The van der Waals surface area contributed by atoms with Crippen molar-refractivity contribution in [2.45, 2.75) is 12.6 Å². The van der Waals surface area contributed by atoms with Crippen molar-refractivity contribution in [3.8, 4) is 0 Å². The maximum Gasteiger partial charge on any atom is 0.416 e. The summed E-state index contributed by atoms with van der Waals surface area (Å²) in [5.74, 6) is 0. The molecular formula is C12H12F3N3O5S. The lowest BCUT2D eigenvalue weighted by Crippen LogP contribution is -2.43. The second kappa shape index (κ2) is 5.94. The first-order valence-corrected chi connectivity index (χ1v) is 8.31. The van der Waals surface area contributed by atoms with Crippen LogP contribution in [0.15, 0.2) is 21.7 Å². The minimum Gasteiger partial charge on any atom is -0.396 e. The summed E-state index contributed by atoms with van der Waals surface area (Å²) in [6, 6.07) is 1.45.